The van der Waals surface area contributed by atoms with Gasteiger partial charge in [-0.15, -0.1) is 0 Å². The number of H-pyrrole nitrogens is 1. The van der Waals surface area contributed by atoms with Crippen LogP contribution in [0.2, 0.25) is 0 Å². The van der Waals surface area contributed by atoms with E-state index in [1.165, 1.54) is 12.5 Å². The molecule has 2 unspecified atom stereocenters. The Bertz CT molecular complexity index is 648. The summed E-state index contributed by atoms with van der Waals surface area (Å²) in [5.41, 5.74) is 1.44. The molecule has 3 rings (SSSR count). The topological polar surface area (TPSA) is 20.7 Å². The van der Waals surface area contributed by atoms with Crippen LogP contribution in [0.5, 0.6) is 0 Å². The van der Waals surface area contributed by atoms with Crippen molar-refractivity contribution in [2.75, 3.05) is 0 Å². The highest BCUT2D eigenvalue weighted by Crippen LogP contribution is 2.37. The molecule has 4 heteroatoms. The number of para-hydroxylation sites is 1. The Morgan fingerprint density at radius 1 is 1.21 bits per heavy atom. The van der Waals surface area contributed by atoms with Crippen molar-refractivity contribution in [2.45, 2.75) is 39.2 Å². The van der Waals surface area contributed by atoms with Gasteiger partial charge in [0, 0.05) is 6.04 Å². The van der Waals surface area contributed by atoms with Crippen LogP contribution in [0.3, 0.4) is 0 Å². The highest BCUT2D eigenvalue weighted by Gasteiger charge is 2.26. The van der Waals surface area contributed by atoms with E-state index in [2.05, 4.69) is 23.4 Å². The summed E-state index contributed by atoms with van der Waals surface area (Å²) in [5.74, 6) is 1.18. The van der Waals surface area contributed by atoms with Crippen LogP contribution in [0.25, 0.3) is 11.0 Å². The molecule has 0 spiro atoms. The van der Waals surface area contributed by atoms with Gasteiger partial charge in [-0.05, 0) is 55.4 Å². The summed E-state index contributed by atoms with van der Waals surface area (Å²) < 4.78 is 16.6. The molecule has 2 aromatic rings. The van der Waals surface area contributed by atoms with Crippen LogP contribution < -0.4 is 0 Å². The SMILES string of the molecule is CC1CC(C)CC(n2c(=S)[nH]c3c(F)cccc32)C1. The van der Waals surface area contributed by atoms with E-state index in [0.717, 1.165) is 18.4 Å². The monoisotopic (exact) mass is 278 g/mol. The Labute approximate surface area is 117 Å². The van der Waals surface area contributed by atoms with Crippen molar-refractivity contribution in [2.24, 2.45) is 11.8 Å². The molecule has 1 N–H and O–H groups in total. The third-order valence-corrected chi connectivity index (χ3v) is 4.52. The molecule has 1 aliphatic rings. The van der Waals surface area contributed by atoms with Gasteiger partial charge in [-0.1, -0.05) is 19.9 Å². The minimum atomic E-state index is -0.223. The molecule has 2 atom stereocenters. The van der Waals surface area contributed by atoms with E-state index >= 15 is 0 Å². The Morgan fingerprint density at radius 3 is 2.58 bits per heavy atom. The number of nitrogens with one attached hydrogen (secondary N) is 1. The van der Waals surface area contributed by atoms with Crippen LogP contribution in [-0.2, 0) is 0 Å². The number of aromatic nitrogens is 2. The molecule has 19 heavy (non-hydrogen) atoms. The van der Waals surface area contributed by atoms with Gasteiger partial charge in [-0.3, -0.25) is 0 Å². The molecule has 1 aromatic heterocycles. The van der Waals surface area contributed by atoms with E-state index in [-0.39, 0.29) is 5.82 Å². The van der Waals surface area contributed by atoms with Crippen molar-refractivity contribution in [3.8, 4) is 0 Å². The lowest BCUT2D eigenvalue weighted by Gasteiger charge is -2.32. The van der Waals surface area contributed by atoms with Crippen molar-refractivity contribution in [3.63, 3.8) is 0 Å². The van der Waals surface area contributed by atoms with Crippen LogP contribution in [0.4, 0.5) is 4.39 Å². The van der Waals surface area contributed by atoms with Gasteiger partial charge in [0.15, 0.2) is 4.77 Å². The third-order valence-electron chi connectivity index (χ3n) is 4.22. The van der Waals surface area contributed by atoms with Crippen molar-refractivity contribution in [1.82, 2.24) is 9.55 Å². The van der Waals surface area contributed by atoms with E-state index in [9.17, 15) is 4.39 Å². The molecule has 0 bridgehead atoms. The maximum atomic E-state index is 13.8. The van der Waals surface area contributed by atoms with Gasteiger partial charge < -0.3 is 9.55 Å². The molecular formula is C15H19FN2S. The fourth-order valence-electron chi connectivity index (χ4n) is 3.59. The Kier molecular flexibility index (Phi) is 3.21. The van der Waals surface area contributed by atoms with E-state index < -0.39 is 0 Å². The first kappa shape index (κ1) is 12.9. The summed E-state index contributed by atoms with van der Waals surface area (Å²) in [4.78, 5) is 3.03. The predicted molar refractivity (Wildman–Crippen MR) is 78.3 cm³/mol. The summed E-state index contributed by atoms with van der Waals surface area (Å²) in [6.07, 6.45) is 3.53. The number of hydrogen-bond acceptors (Lipinski definition) is 1. The average Bonchev–Trinajstić information content (AvgIpc) is 2.65. The van der Waals surface area contributed by atoms with Gasteiger partial charge in [0.2, 0.25) is 0 Å². The molecule has 1 fully saturated rings. The van der Waals surface area contributed by atoms with Crippen molar-refractivity contribution < 1.29 is 4.39 Å². The smallest absolute Gasteiger partial charge is 0.178 e. The van der Waals surface area contributed by atoms with Crippen molar-refractivity contribution >= 4 is 23.3 Å². The summed E-state index contributed by atoms with van der Waals surface area (Å²) in [6, 6.07) is 5.58. The lowest BCUT2D eigenvalue weighted by molar-refractivity contribution is 0.223. The molecule has 0 aliphatic heterocycles. The molecular weight excluding hydrogens is 259 g/mol. The van der Waals surface area contributed by atoms with Crippen LogP contribution in [0.1, 0.15) is 39.2 Å². The van der Waals surface area contributed by atoms with Crippen molar-refractivity contribution in [1.29, 1.82) is 0 Å². The van der Waals surface area contributed by atoms with Crippen LogP contribution in [-0.4, -0.2) is 9.55 Å². The number of hydrogen-bond donors (Lipinski definition) is 1. The number of nitrogens with zero attached hydrogens (tertiary/aromatic N) is 1. The third kappa shape index (κ3) is 2.22. The minimum absolute atomic E-state index is 0.223. The number of halogens is 1. The van der Waals surface area contributed by atoms with E-state index in [1.54, 1.807) is 6.07 Å². The lowest BCUT2D eigenvalue weighted by Crippen LogP contribution is -2.22. The molecule has 0 saturated heterocycles. The number of rotatable bonds is 1. The number of benzene rings is 1. The number of aromatic amines is 1. The van der Waals surface area contributed by atoms with Gasteiger partial charge in [0.05, 0.1) is 5.52 Å². The Hall–Kier alpha value is -1.16. The predicted octanol–water partition coefficient (Wildman–Crippen LogP) is 4.84. The lowest BCUT2D eigenvalue weighted by atomic mass is 9.80. The zero-order valence-corrected chi connectivity index (χ0v) is 12.1. The fourth-order valence-corrected chi connectivity index (χ4v) is 3.94. The molecule has 1 saturated carbocycles. The van der Waals surface area contributed by atoms with Gasteiger partial charge in [0.1, 0.15) is 11.3 Å². The summed E-state index contributed by atoms with van der Waals surface area (Å²) >= 11 is 5.41. The Morgan fingerprint density at radius 2 is 1.89 bits per heavy atom. The van der Waals surface area contributed by atoms with E-state index in [1.807, 2.05) is 6.07 Å². The summed E-state index contributed by atoms with van der Waals surface area (Å²) in [5, 5.41) is 0. The minimum Gasteiger partial charge on any atom is -0.328 e. The molecule has 1 aromatic carbocycles. The standard InChI is InChI=1S/C15H19FN2S/c1-9-6-10(2)8-11(7-9)18-13-5-3-4-12(16)14(13)17-15(18)19/h3-5,9-11H,6-8H2,1-2H3,(H,17,19). The zero-order chi connectivity index (χ0) is 13.6. The summed E-state index contributed by atoms with van der Waals surface area (Å²) in [6.45, 7) is 4.59. The van der Waals surface area contributed by atoms with Crippen LogP contribution in [0.15, 0.2) is 18.2 Å². The van der Waals surface area contributed by atoms with E-state index in [4.69, 9.17) is 12.2 Å². The van der Waals surface area contributed by atoms with Crippen LogP contribution >= 0.6 is 12.2 Å². The molecule has 0 radical (unpaired) electrons. The molecule has 2 nitrogen and oxygen atoms in total. The summed E-state index contributed by atoms with van der Waals surface area (Å²) in [7, 11) is 0. The van der Waals surface area contributed by atoms with Crippen molar-refractivity contribution in [3.05, 3.63) is 28.8 Å². The highest BCUT2D eigenvalue weighted by atomic mass is 32.1. The molecule has 0 amide bonds. The van der Waals surface area contributed by atoms with Gasteiger partial charge in [-0.25, -0.2) is 4.39 Å². The van der Waals surface area contributed by atoms with Gasteiger partial charge in [0.25, 0.3) is 0 Å². The molecule has 1 aliphatic carbocycles. The maximum Gasteiger partial charge on any atom is 0.178 e. The first-order valence-electron chi connectivity index (χ1n) is 6.95. The fraction of sp³-hybridized carbons (Fsp3) is 0.533. The maximum absolute atomic E-state index is 13.8. The second kappa shape index (κ2) is 4.75. The zero-order valence-electron chi connectivity index (χ0n) is 11.3. The van der Waals surface area contributed by atoms with Gasteiger partial charge >= 0.3 is 0 Å². The molecule has 1 heterocycles. The first-order chi connectivity index (χ1) is 9.06. The quantitative estimate of drug-likeness (QED) is 0.741. The largest absolute Gasteiger partial charge is 0.328 e. The number of imidazole rings is 1. The molecule has 102 valence electrons. The van der Waals surface area contributed by atoms with Crippen LogP contribution in [0, 0.1) is 22.4 Å². The van der Waals surface area contributed by atoms with E-state index in [0.29, 0.717) is 28.2 Å². The van der Waals surface area contributed by atoms with Gasteiger partial charge in [-0.2, -0.15) is 0 Å². The number of fused-ring (bicyclic) bond motifs is 1. The normalized spacial score (nSPS) is 27.8. The second-order valence-corrected chi connectivity index (χ2v) is 6.39. The first-order valence-corrected chi connectivity index (χ1v) is 7.35. The highest BCUT2D eigenvalue weighted by molar-refractivity contribution is 7.71. The average molecular weight is 278 g/mol. The Balaban J connectivity index is 2.12. The second-order valence-electron chi connectivity index (χ2n) is 6.01.